The number of amides is 1. The third-order valence-electron chi connectivity index (χ3n) is 2.97. The Morgan fingerprint density at radius 3 is 2.55 bits per heavy atom. The summed E-state index contributed by atoms with van der Waals surface area (Å²) in [5, 5.41) is 9.53. The Bertz CT molecular complexity index is 708. The van der Waals surface area contributed by atoms with Crippen molar-refractivity contribution in [2.45, 2.75) is 33.0 Å². The molecule has 0 aliphatic heterocycles. The van der Waals surface area contributed by atoms with E-state index in [0.29, 0.717) is 5.76 Å². The number of anilines is 1. The van der Waals surface area contributed by atoms with E-state index in [4.69, 9.17) is 4.52 Å². The minimum atomic E-state index is -4.60. The van der Waals surface area contributed by atoms with Crippen molar-refractivity contribution in [3.8, 4) is 0 Å². The Morgan fingerprint density at radius 1 is 1.45 bits per heavy atom. The first-order valence-corrected chi connectivity index (χ1v) is 6.96. The molecule has 10 heteroatoms. The maximum atomic E-state index is 12.8. The van der Waals surface area contributed by atoms with Crippen LogP contribution in [0.25, 0.3) is 0 Å². The van der Waals surface area contributed by atoms with E-state index < -0.39 is 23.8 Å². The van der Waals surface area contributed by atoms with Crippen LogP contribution in [0.4, 0.5) is 19.0 Å². The molecule has 0 aliphatic carbocycles. The van der Waals surface area contributed by atoms with Gasteiger partial charge in [0.05, 0.1) is 10.2 Å². The molecule has 0 fully saturated rings. The van der Waals surface area contributed by atoms with Gasteiger partial charge in [0.25, 0.3) is 0 Å². The lowest BCUT2D eigenvalue weighted by atomic mass is 10.3. The van der Waals surface area contributed by atoms with E-state index in [0.717, 1.165) is 4.68 Å². The van der Waals surface area contributed by atoms with Crippen LogP contribution in [0.2, 0.25) is 0 Å². The van der Waals surface area contributed by atoms with E-state index in [1.165, 1.54) is 19.9 Å². The number of rotatable bonds is 3. The molecule has 6 nitrogen and oxygen atoms in total. The number of aryl methyl sites for hydroxylation is 1. The summed E-state index contributed by atoms with van der Waals surface area (Å²) in [6.45, 7) is 4.53. The molecule has 22 heavy (non-hydrogen) atoms. The number of carbonyl (C=O) groups is 1. The third kappa shape index (κ3) is 3.16. The Balaban J connectivity index is 2.25. The predicted octanol–water partition coefficient (Wildman–Crippen LogP) is 3.47. The number of aromatic nitrogens is 3. The number of carbonyl (C=O) groups excluding carboxylic acids is 1. The zero-order valence-electron chi connectivity index (χ0n) is 11.8. The molecular formula is C12H12BrF3N4O2. The average molecular weight is 381 g/mol. The molecule has 2 heterocycles. The zero-order chi connectivity index (χ0) is 16.7. The van der Waals surface area contributed by atoms with Gasteiger partial charge < -0.3 is 9.84 Å². The Labute approximate surface area is 131 Å². The number of nitrogens with zero attached hydrogens (tertiary/aromatic N) is 3. The molecule has 0 aliphatic rings. The van der Waals surface area contributed by atoms with Gasteiger partial charge >= 0.3 is 6.18 Å². The van der Waals surface area contributed by atoms with E-state index in [2.05, 4.69) is 31.5 Å². The molecule has 0 unspecified atom stereocenters. The van der Waals surface area contributed by atoms with Gasteiger partial charge in [0, 0.05) is 6.07 Å². The van der Waals surface area contributed by atoms with Crippen molar-refractivity contribution in [3.63, 3.8) is 0 Å². The van der Waals surface area contributed by atoms with Crippen molar-refractivity contribution in [2.75, 3.05) is 5.32 Å². The topological polar surface area (TPSA) is 73.0 Å². The second-order valence-electron chi connectivity index (χ2n) is 4.68. The fraction of sp³-hybridized carbons (Fsp3) is 0.417. The largest absolute Gasteiger partial charge is 0.436 e. The highest BCUT2D eigenvalue weighted by Crippen LogP contribution is 2.36. The summed E-state index contributed by atoms with van der Waals surface area (Å²) in [5.41, 5.74) is -0.867. The van der Waals surface area contributed by atoms with Crippen molar-refractivity contribution in [1.29, 1.82) is 0 Å². The van der Waals surface area contributed by atoms with Crippen LogP contribution in [-0.2, 0) is 11.0 Å². The first-order valence-electron chi connectivity index (χ1n) is 6.17. The zero-order valence-corrected chi connectivity index (χ0v) is 13.4. The SMILES string of the molecule is Cc1cc(NC(=O)[C@@H](C)n2nc(C(F)(F)F)c(Br)c2C)no1. The lowest BCUT2D eigenvalue weighted by molar-refractivity contribution is -0.142. The van der Waals surface area contributed by atoms with Crippen molar-refractivity contribution < 1.29 is 22.5 Å². The van der Waals surface area contributed by atoms with Crippen molar-refractivity contribution in [1.82, 2.24) is 14.9 Å². The van der Waals surface area contributed by atoms with Gasteiger partial charge in [-0.15, -0.1) is 0 Å². The highest BCUT2D eigenvalue weighted by molar-refractivity contribution is 9.10. The summed E-state index contributed by atoms with van der Waals surface area (Å²) in [4.78, 5) is 12.1. The highest BCUT2D eigenvalue weighted by Gasteiger charge is 2.39. The van der Waals surface area contributed by atoms with Crippen LogP contribution < -0.4 is 5.32 Å². The molecule has 1 N–H and O–H groups in total. The molecule has 2 aromatic heterocycles. The molecule has 120 valence electrons. The highest BCUT2D eigenvalue weighted by atomic mass is 79.9. The molecule has 0 saturated heterocycles. The Kier molecular flexibility index (Phi) is 4.32. The van der Waals surface area contributed by atoms with Gasteiger partial charge in [-0.1, -0.05) is 5.16 Å². The molecule has 0 radical (unpaired) electrons. The fourth-order valence-electron chi connectivity index (χ4n) is 1.82. The summed E-state index contributed by atoms with van der Waals surface area (Å²) in [7, 11) is 0. The maximum absolute atomic E-state index is 12.8. The van der Waals surface area contributed by atoms with E-state index in [1.54, 1.807) is 6.92 Å². The van der Waals surface area contributed by atoms with E-state index in [-0.39, 0.29) is 16.0 Å². The molecule has 1 atom stereocenters. The van der Waals surface area contributed by atoms with E-state index in [9.17, 15) is 18.0 Å². The summed E-state index contributed by atoms with van der Waals surface area (Å²) >= 11 is 2.86. The molecule has 0 bridgehead atoms. The predicted molar refractivity (Wildman–Crippen MR) is 74.2 cm³/mol. The summed E-state index contributed by atoms with van der Waals surface area (Å²) < 4.78 is 44.1. The lowest BCUT2D eigenvalue weighted by Gasteiger charge is -2.13. The van der Waals surface area contributed by atoms with Gasteiger partial charge in [-0.05, 0) is 36.7 Å². The Hall–Kier alpha value is -1.84. The molecule has 2 rings (SSSR count). The molecule has 0 saturated carbocycles. The minimum absolute atomic E-state index is 0.183. The van der Waals surface area contributed by atoms with Crippen LogP contribution in [0.15, 0.2) is 15.1 Å². The number of nitrogens with one attached hydrogen (secondary N) is 1. The standard InChI is InChI=1S/C12H12BrF3N4O2/c1-5-4-8(19-22-5)17-11(21)7(3)20-6(2)9(13)10(18-20)12(14,15)16/h4,7H,1-3H3,(H,17,19,21)/t7-/m1/s1. The molecule has 0 spiro atoms. The summed E-state index contributed by atoms with van der Waals surface area (Å²) in [5.74, 6) is 0.134. The number of hydrogen-bond acceptors (Lipinski definition) is 4. The first kappa shape index (κ1) is 16.5. The minimum Gasteiger partial charge on any atom is -0.360 e. The van der Waals surface area contributed by atoms with Crippen LogP contribution in [0, 0.1) is 13.8 Å². The van der Waals surface area contributed by atoms with Crippen LogP contribution in [0.5, 0.6) is 0 Å². The van der Waals surface area contributed by atoms with E-state index in [1.807, 2.05) is 0 Å². The van der Waals surface area contributed by atoms with Crippen LogP contribution in [0.3, 0.4) is 0 Å². The fourth-order valence-corrected chi connectivity index (χ4v) is 2.31. The summed E-state index contributed by atoms with van der Waals surface area (Å²) in [6.07, 6.45) is -4.60. The smallest absolute Gasteiger partial charge is 0.360 e. The van der Waals surface area contributed by atoms with Gasteiger partial charge in [-0.2, -0.15) is 18.3 Å². The van der Waals surface area contributed by atoms with Gasteiger partial charge in [-0.25, -0.2) is 0 Å². The summed E-state index contributed by atoms with van der Waals surface area (Å²) in [6, 6.07) is 0.543. The molecule has 2 aromatic rings. The first-order chi connectivity index (χ1) is 10.1. The second kappa shape index (κ2) is 5.75. The maximum Gasteiger partial charge on any atom is 0.436 e. The van der Waals surface area contributed by atoms with Crippen molar-refractivity contribution in [2.24, 2.45) is 0 Å². The molecular weight excluding hydrogens is 369 g/mol. The van der Waals surface area contributed by atoms with Gasteiger partial charge in [0.2, 0.25) is 5.91 Å². The normalized spacial score (nSPS) is 13.2. The quantitative estimate of drug-likeness (QED) is 0.884. The second-order valence-corrected chi connectivity index (χ2v) is 5.47. The molecule has 0 aromatic carbocycles. The molecule has 1 amide bonds. The van der Waals surface area contributed by atoms with Crippen LogP contribution >= 0.6 is 15.9 Å². The monoisotopic (exact) mass is 380 g/mol. The van der Waals surface area contributed by atoms with Crippen molar-refractivity contribution in [3.05, 3.63) is 27.7 Å². The van der Waals surface area contributed by atoms with Crippen LogP contribution in [-0.4, -0.2) is 20.8 Å². The van der Waals surface area contributed by atoms with E-state index >= 15 is 0 Å². The average Bonchev–Trinajstić information content (AvgIpc) is 2.93. The Morgan fingerprint density at radius 2 is 2.09 bits per heavy atom. The third-order valence-corrected chi connectivity index (χ3v) is 3.92. The number of hydrogen-bond donors (Lipinski definition) is 1. The van der Waals surface area contributed by atoms with Gasteiger partial charge in [0.1, 0.15) is 11.8 Å². The lowest BCUT2D eigenvalue weighted by Crippen LogP contribution is -2.25. The van der Waals surface area contributed by atoms with Gasteiger partial charge in [-0.3, -0.25) is 9.48 Å². The number of alkyl halides is 3. The van der Waals surface area contributed by atoms with Crippen LogP contribution in [0.1, 0.15) is 30.1 Å². The van der Waals surface area contributed by atoms with Gasteiger partial charge in [0.15, 0.2) is 11.5 Å². The number of halogens is 4. The van der Waals surface area contributed by atoms with Crippen molar-refractivity contribution >= 4 is 27.7 Å².